The van der Waals surface area contributed by atoms with Gasteiger partial charge in [-0.15, -0.1) is 0 Å². The van der Waals surface area contributed by atoms with E-state index in [4.69, 9.17) is 23.2 Å². The number of anilines is 1. The van der Waals surface area contributed by atoms with Crippen molar-refractivity contribution < 1.29 is 9.59 Å². The van der Waals surface area contributed by atoms with Crippen LogP contribution < -0.4 is 10.6 Å². The lowest BCUT2D eigenvalue weighted by molar-refractivity contribution is -0.118. The predicted molar refractivity (Wildman–Crippen MR) is 127 cm³/mol. The van der Waals surface area contributed by atoms with E-state index >= 15 is 0 Å². The molecule has 2 aromatic carbocycles. The summed E-state index contributed by atoms with van der Waals surface area (Å²) in [6.45, 7) is 7.24. The van der Waals surface area contributed by atoms with Gasteiger partial charge >= 0.3 is 0 Å². The summed E-state index contributed by atoms with van der Waals surface area (Å²) < 4.78 is 0. The number of nitrogens with zero attached hydrogens (tertiary/aromatic N) is 1. The summed E-state index contributed by atoms with van der Waals surface area (Å²) in [4.78, 5) is 28.1. The smallest absolute Gasteiger partial charge is 0.253 e. The van der Waals surface area contributed by atoms with Crippen molar-refractivity contribution in [3.05, 3.63) is 63.6 Å². The van der Waals surface area contributed by atoms with E-state index < -0.39 is 11.9 Å². The van der Waals surface area contributed by atoms with Crippen molar-refractivity contribution in [2.45, 2.75) is 45.7 Å². The molecule has 1 atom stereocenters. The molecule has 166 valence electrons. The van der Waals surface area contributed by atoms with E-state index in [1.54, 1.807) is 12.1 Å². The summed E-state index contributed by atoms with van der Waals surface area (Å²) in [7, 11) is 0. The maximum Gasteiger partial charge on any atom is 0.253 e. The maximum atomic E-state index is 12.9. The molecule has 2 aromatic rings. The van der Waals surface area contributed by atoms with E-state index in [0.717, 1.165) is 19.6 Å². The highest BCUT2D eigenvalue weighted by atomic mass is 35.5. The fraction of sp³-hybridized carbons (Fsp3) is 0.417. The van der Waals surface area contributed by atoms with E-state index in [0.29, 0.717) is 22.7 Å². The molecule has 7 heteroatoms. The summed E-state index contributed by atoms with van der Waals surface area (Å²) in [5.41, 5.74) is 2.23. The van der Waals surface area contributed by atoms with Gasteiger partial charge in [-0.25, -0.2) is 0 Å². The van der Waals surface area contributed by atoms with Gasteiger partial charge < -0.3 is 10.6 Å². The molecule has 5 nitrogen and oxygen atoms in total. The first kappa shape index (κ1) is 23.6. The van der Waals surface area contributed by atoms with E-state index in [1.807, 2.05) is 38.1 Å². The maximum absolute atomic E-state index is 12.9. The second kappa shape index (κ2) is 11.0. The molecule has 0 radical (unpaired) electrons. The number of hydrogen-bond acceptors (Lipinski definition) is 3. The molecule has 1 fully saturated rings. The van der Waals surface area contributed by atoms with E-state index in [9.17, 15) is 9.59 Å². The van der Waals surface area contributed by atoms with Gasteiger partial charge in [-0.1, -0.05) is 49.2 Å². The molecule has 31 heavy (non-hydrogen) atoms. The Morgan fingerprint density at radius 2 is 1.71 bits per heavy atom. The van der Waals surface area contributed by atoms with Crippen LogP contribution in [0, 0.1) is 5.92 Å². The summed E-state index contributed by atoms with van der Waals surface area (Å²) in [6, 6.07) is 11.9. The van der Waals surface area contributed by atoms with Crippen molar-refractivity contribution in [1.29, 1.82) is 0 Å². The first-order valence-corrected chi connectivity index (χ1v) is 11.5. The number of nitrogens with one attached hydrogen (secondary N) is 2. The number of amides is 2. The molecular formula is C24H29Cl2N3O2. The Morgan fingerprint density at radius 3 is 2.32 bits per heavy atom. The Kier molecular flexibility index (Phi) is 8.35. The van der Waals surface area contributed by atoms with Crippen LogP contribution in [0.2, 0.25) is 10.0 Å². The third kappa shape index (κ3) is 6.96. The summed E-state index contributed by atoms with van der Waals surface area (Å²) in [5, 5.41) is 6.45. The van der Waals surface area contributed by atoms with Gasteiger partial charge in [0.25, 0.3) is 5.91 Å². The third-order valence-electron chi connectivity index (χ3n) is 5.33. The van der Waals surface area contributed by atoms with E-state index in [1.165, 1.54) is 24.5 Å². The Hall–Kier alpha value is -2.08. The van der Waals surface area contributed by atoms with Gasteiger partial charge in [0.1, 0.15) is 6.04 Å². The van der Waals surface area contributed by atoms with Crippen molar-refractivity contribution in [2.75, 3.05) is 18.4 Å². The highest BCUT2D eigenvalue weighted by Crippen LogP contribution is 2.21. The van der Waals surface area contributed by atoms with Gasteiger partial charge in [-0.3, -0.25) is 14.5 Å². The first-order chi connectivity index (χ1) is 14.8. The Labute approximate surface area is 194 Å². The van der Waals surface area contributed by atoms with Gasteiger partial charge in [0.05, 0.1) is 10.6 Å². The number of carbonyl (C=O) groups excluding carboxylic acids is 2. The Balaban J connectivity index is 1.64. The molecule has 1 unspecified atom stereocenters. The highest BCUT2D eigenvalue weighted by Gasteiger charge is 2.24. The minimum absolute atomic E-state index is 0.222. The zero-order chi connectivity index (χ0) is 22.4. The van der Waals surface area contributed by atoms with Crippen molar-refractivity contribution in [2.24, 2.45) is 5.92 Å². The van der Waals surface area contributed by atoms with Gasteiger partial charge in [0.15, 0.2) is 0 Å². The monoisotopic (exact) mass is 461 g/mol. The number of likely N-dealkylation sites (tertiary alicyclic amines) is 1. The first-order valence-electron chi connectivity index (χ1n) is 10.7. The molecule has 0 saturated carbocycles. The normalized spacial score (nSPS) is 15.1. The third-order valence-corrected chi connectivity index (χ3v) is 5.88. The minimum atomic E-state index is -0.677. The van der Waals surface area contributed by atoms with Crippen molar-refractivity contribution in [1.82, 2.24) is 10.2 Å². The molecule has 0 aromatic heterocycles. The lowest BCUT2D eigenvalue weighted by Crippen LogP contribution is -2.44. The lowest BCUT2D eigenvalue weighted by Gasteiger charge is -2.21. The fourth-order valence-electron chi connectivity index (χ4n) is 3.73. The zero-order valence-corrected chi connectivity index (χ0v) is 19.5. The summed E-state index contributed by atoms with van der Waals surface area (Å²) in [6.07, 6.45) is 3.03. The van der Waals surface area contributed by atoms with Crippen LogP contribution in [0.5, 0.6) is 0 Å². The number of rotatable bonds is 8. The van der Waals surface area contributed by atoms with Crippen molar-refractivity contribution in [3.8, 4) is 0 Å². The largest absolute Gasteiger partial charge is 0.340 e. The van der Waals surface area contributed by atoms with Crippen LogP contribution in [-0.2, 0) is 11.3 Å². The molecule has 0 aliphatic carbocycles. The quantitative estimate of drug-likeness (QED) is 0.554. The number of benzene rings is 2. The van der Waals surface area contributed by atoms with Crippen LogP contribution in [-0.4, -0.2) is 35.8 Å². The van der Waals surface area contributed by atoms with Gasteiger partial charge in [-0.2, -0.15) is 0 Å². The van der Waals surface area contributed by atoms with Gasteiger partial charge in [0.2, 0.25) is 5.91 Å². The number of halogens is 2. The van der Waals surface area contributed by atoms with E-state index in [-0.39, 0.29) is 16.8 Å². The molecule has 1 saturated heterocycles. The van der Waals surface area contributed by atoms with Crippen LogP contribution in [0.4, 0.5) is 5.69 Å². The molecule has 0 spiro atoms. The van der Waals surface area contributed by atoms with Crippen LogP contribution in [0.3, 0.4) is 0 Å². The predicted octanol–water partition coefficient (Wildman–Crippen LogP) is 5.37. The van der Waals surface area contributed by atoms with Crippen molar-refractivity contribution in [3.63, 3.8) is 0 Å². The molecule has 3 rings (SSSR count). The van der Waals surface area contributed by atoms with Crippen LogP contribution >= 0.6 is 23.2 Å². The molecule has 1 aliphatic heterocycles. The van der Waals surface area contributed by atoms with E-state index in [2.05, 4.69) is 15.5 Å². The topological polar surface area (TPSA) is 61.4 Å². The van der Waals surface area contributed by atoms with Gasteiger partial charge in [0, 0.05) is 17.3 Å². The Morgan fingerprint density at radius 1 is 1.03 bits per heavy atom. The SMILES string of the molecule is CC(C)CC(NC(=O)c1ccc(Cl)cc1Cl)C(=O)Nc1ccc(CN2CCCC2)cc1. The highest BCUT2D eigenvalue weighted by molar-refractivity contribution is 6.36. The fourth-order valence-corrected chi connectivity index (χ4v) is 4.23. The Bertz CT molecular complexity index is 910. The molecule has 2 amide bonds. The molecule has 1 aliphatic rings. The van der Waals surface area contributed by atoms with Crippen LogP contribution in [0.25, 0.3) is 0 Å². The average Bonchev–Trinajstić information content (AvgIpc) is 3.21. The molecule has 2 N–H and O–H groups in total. The number of carbonyl (C=O) groups is 2. The van der Waals surface area contributed by atoms with Crippen LogP contribution in [0.15, 0.2) is 42.5 Å². The van der Waals surface area contributed by atoms with Gasteiger partial charge in [-0.05, 0) is 74.2 Å². The average molecular weight is 462 g/mol. The standard InChI is InChI=1S/C24H29Cl2N3O2/c1-16(2)13-22(28-23(30)20-10-7-18(25)14-21(20)26)24(31)27-19-8-5-17(6-9-19)15-29-11-3-4-12-29/h5-10,14,16,22H,3-4,11-13,15H2,1-2H3,(H,27,31)(H,28,30). The number of hydrogen-bond donors (Lipinski definition) is 2. The summed E-state index contributed by atoms with van der Waals surface area (Å²) >= 11 is 12.1. The molecule has 1 heterocycles. The zero-order valence-electron chi connectivity index (χ0n) is 18.0. The minimum Gasteiger partial charge on any atom is -0.340 e. The summed E-state index contributed by atoms with van der Waals surface area (Å²) in [5.74, 6) is -0.428. The second-order valence-corrected chi connectivity index (χ2v) is 9.29. The van der Waals surface area contributed by atoms with Crippen LogP contribution in [0.1, 0.15) is 49.0 Å². The lowest BCUT2D eigenvalue weighted by atomic mass is 10.0. The molecular weight excluding hydrogens is 433 g/mol. The molecule has 0 bridgehead atoms. The van der Waals surface area contributed by atoms with Crippen molar-refractivity contribution >= 4 is 40.7 Å². The second-order valence-electron chi connectivity index (χ2n) is 8.45.